The molecule has 2 aliphatic heterocycles. The number of likely N-dealkylation sites (N-methyl/N-ethyl adjacent to an activating group) is 2. The summed E-state index contributed by atoms with van der Waals surface area (Å²) in [5.74, 6) is 0. The molecule has 0 aliphatic carbocycles. The predicted molar refractivity (Wildman–Crippen MR) is 150 cm³/mol. The highest BCUT2D eigenvalue weighted by Gasteiger charge is 2.69. The van der Waals surface area contributed by atoms with E-state index in [1.165, 1.54) is 16.0 Å². The van der Waals surface area contributed by atoms with Crippen LogP contribution in [0.25, 0.3) is 6.08 Å². The van der Waals surface area contributed by atoms with Crippen molar-refractivity contribution in [2.24, 2.45) is 4.99 Å². The second-order valence-electron chi connectivity index (χ2n) is 9.76. The van der Waals surface area contributed by atoms with Gasteiger partial charge in [0.15, 0.2) is 0 Å². The molecule has 1 saturated heterocycles. The van der Waals surface area contributed by atoms with Gasteiger partial charge >= 0.3 is 6.03 Å². The maximum atomic E-state index is 13.8. The molecule has 0 bridgehead atoms. The van der Waals surface area contributed by atoms with Crippen molar-refractivity contribution in [3.05, 3.63) is 121 Å². The van der Waals surface area contributed by atoms with Gasteiger partial charge in [-0.3, -0.25) is 20.0 Å². The molecule has 9 heteroatoms. The first-order valence-electron chi connectivity index (χ1n) is 12.3. The summed E-state index contributed by atoms with van der Waals surface area (Å²) in [6.07, 6.45) is 1.88. The molecule has 192 valence electrons. The van der Waals surface area contributed by atoms with Gasteiger partial charge in [0.1, 0.15) is 0 Å². The number of carbonyl (C=O) groups excluding carboxylic acids is 1. The average molecular weight is 525 g/mol. The van der Waals surface area contributed by atoms with Gasteiger partial charge in [-0.15, -0.1) is 0 Å². The first-order valence-corrected chi connectivity index (χ1v) is 13.1. The van der Waals surface area contributed by atoms with Crippen LogP contribution >= 0.6 is 11.3 Å². The Morgan fingerprint density at radius 3 is 2.05 bits per heavy atom. The van der Waals surface area contributed by atoms with Gasteiger partial charge in [-0.05, 0) is 23.8 Å². The second kappa shape index (κ2) is 8.59. The highest BCUT2D eigenvalue weighted by Crippen LogP contribution is 2.53. The first kappa shape index (κ1) is 24.0. The zero-order chi connectivity index (χ0) is 26.7. The van der Waals surface area contributed by atoms with Gasteiger partial charge < -0.3 is 4.90 Å². The smallest absolute Gasteiger partial charge is 0.324 e. The molecule has 38 heavy (non-hydrogen) atoms. The number of hydrogen-bond donors (Lipinski definition) is 1. The Balaban J connectivity index is 1.64. The lowest BCUT2D eigenvalue weighted by Crippen LogP contribution is -2.67. The van der Waals surface area contributed by atoms with Crippen molar-refractivity contribution >= 4 is 29.1 Å². The third-order valence-corrected chi connectivity index (χ3v) is 8.45. The Morgan fingerprint density at radius 1 is 0.842 bits per heavy atom. The maximum Gasteiger partial charge on any atom is 0.324 e. The molecule has 8 nitrogen and oxygen atoms in total. The summed E-state index contributed by atoms with van der Waals surface area (Å²) in [5.41, 5.74) is 4.61. The predicted octanol–water partition coefficient (Wildman–Crippen LogP) is 2.68. The number of aromatic nitrogens is 1. The van der Waals surface area contributed by atoms with E-state index >= 15 is 0 Å². The van der Waals surface area contributed by atoms with Crippen molar-refractivity contribution in [3.8, 4) is 0 Å². The van der Waals surface area contributed by atoms with E-state index in [1.807, 2.05) is 110 Å². The van der Waals surface area contributed by atoms with Crippen LogP contribution in [0.5, 0.6) is 0 Å². The van der Waals surface area contributed by atoms with Gasteiger partial charge in [-0.2, -0.15) is 4.68 Å². The minimum atomic E-state index is -1.18. The van der Waals surface area contributed by atoms with E-state index in [1.54, 1.807) is 23.9 Å². The van der Waals surface area contributed by atoms with Crippen LogP contribution < -0.4 is 25.2 Å². The van der Waals surface area contributed by atoms with Crippen LogP contribution in [0.1, 0.15) is 16.7 Å². The summed E-state index contributed by atoms with van der Waals surface area (Å²) in [6.45, 7) is 0. The van der Waals surface area contributed by atoms with Crippen molar-refractivity contribution in [1.82, 2.24) is 14.5 Å². The van der Waals surface area contributed by atoms with E-state index in [2.05, 4.69) is 5.43 Å². The molecule has 0 saturated carbocycles. The van der Waals surface area contributed by atoms with Gasteiger partial charge in [0.25, 0.3) is 5.56 Å². The van der Waals surface area contributed by atoms with Crippen molar-refractivity contribution in [2.45, 2.75) is 11.3 Å². The molecule has 2 aliphatic rings. The number of anilines is 1. The number of nitrogens with zero attached hydrogens (tertiary/aromatic N) is 5. The van der Waals surface area contributed by atoms with Crippen LogP contribution in [0.2, 0.25) is 0 Å². The Kier molecular flexibility index (Phi) is 5.43. The largest absolute Gasteiger partial charge is 0.378 e. The molecule has 3 aromatic carbocycles. The zero-order valence-corrected chi connectivity index (χ0v) is 22.4. The number of benzene rings is 3. The number of nitrogens with one attached hydrogen (secondary N) is 1. The average Bonchev–Trinajstić information content (AvgIpc) is 3.33. The van der Waals surface area contributed by atoms with E-state index in [-0.39, 0.29) is 11.6 Å². The third kappa shape index (κ3) is 3.18. The van der Waals surface area contributed by atoms with Crippen molar-refractivity contribution < 1.29 is 4.79 Å². The van der Waals surface area contributed by atoms with Crippen LogP contribution in [-0.4, -0.2) is 48.7 Å². The minimum Gasteiger partial charge on any atom is -0.378 e. The van der Waals surface area contributed by atoms with Crippen LogP contribution in [0, 0.1) is 0 Å². The summed E-state index contributed by atoms with van der Waals surface area (Å²) in [6, 6.07) is 27.3. The standard InChI is InChI=1S/C29H28N6O2S/c1-32(2)23-17-15-20(16-18-23)19-24-25(36)35-26(38-24)30-28(21-11-7-5-8-12-21)29(31-35,22-13-9-6-10-14-22)34(4)27(37)33(28)3/h5-19,31H,1-4H3/b24-19+/t28-,29+/m1/s1. The number of fused-ring (bicyclic) bond motifs is 2. The number of hydrogen-bond acceptors (Lipinski definition) is 6. The molecule has 4 aromatic rings. The van der Waals surface area contributed by atoms with Gasteiger partial charge in [-0.1, -0.05) is 84.1 Å². The molecule has 0 unspecified atom stereocenters. The maximum absolute atomic E-state index is 13.8. The highest BCUT2D eigenvalue weighted by atomic mass is 32.1. The fourth-order valence-electron chi connectivity index (χ4n) is 5.54. The number of amides is 2. The normalized spacial score (nSPS) is 22.5. The van der Waals surface area contributed by atoms with E-state index < -0.39 is 11.3 Å². The molecular weight excluding hydrogens is 496 g/mol. The zero-order valence-electron chi connectivity index (χ0n) is 21.6. The molecule has 3 heterocycles. The lowest BCUT2D eigenvalue weighted by Gasteiger charge is -2.49. The van der Waals surface area contributed by atoms with Crippen molar-refractivity contribution in [2.75, 3.05) is 38.5 Å². The summed E-state index contributed by atoms with van der Waals surface area (Å²) in [5, 5.41) is 0. The summed E-state index contributed by atoms with van der Waals surface area (Å²) in [4.78, 5) is 38.5. The lowest BCUT2D eigenvalue weighted by atomic mass is 9.80. The van der Waals surface area contributed by atoms with Crippen LogP contribution in [0.15, 0.2) is 94.7 Å². The minimum absolute atomic E-state index is 0.204. The summed E-state index contributed by atoms with van der Waals surface area (Å²) < 4.78 is 2.04. The topological polar surface area (TPSA) is 73.2 Å². The lowest BCUT2D eigenvalue weighted by molar-refractivity contribution is 0.0648. The Labute approximate surface area is 224 Å². The molecule has 2 atom stereocenters. The fourth-order valence-corrected chi connectivity index (χ4v) is 6.50. The van der Waals surface area contributed by atoms with Gasteiger partial charge in [0, 0.05) is 45.0 Å². The molecule has 2 amide bonds. The second-order valence-corrected chi connectivity index (χ2v) is 10.8. The van der Waals surface area contributed by atoms with Gasteiger partial charge in [0.2, 0.25) is 16.1 Å². The van der Waals surface area contributed by atoms with Crippen LogP contribution in [-0.2, 0) is 11.3 Å². The van der Waals surface area contributed by atoms with E-state index in [0.29, 0.717) is 9.33 Å². The SMILES string of the molecule is CN(C)c1ccc(/C=c2/sc3n(c2=O)N[C@@]2(c4ccccc4)N(C)C(=O)N(C)[C@@]2(c2ccccc2)N=3)cc1. The first-order chi connectivity index (χ1) is 18.3. The van der Waals surface area contributed by atoms with E-state index in [9.17, 15) is 9.59 Å². The Bertz CT molecular complexity index is 1700. The number of carbonyl (C=O) groups is 1. The molecule has 6 rings (SSSR count). The van der Waals surface area contributed by atoms with Crippen molar-refractivity contribution in [3.63, 3.8) is 0 Å². The quantitative estimate of drug-likeness (QED) is 0.446. The van der Waals surface area contributed by atoms with E-state index in [0.717, 1.165) is 22.4 Å². The molecule has 1 aromatic heterocycles. The number of rotatable bonds is 4. The molecule has 0 radical (unpaired) electrons. The van der Waals surface area contributed by atoms with E-state index in [4.69, 9.17) is 4.99 Å². The van der Waals surface area contributed by atoms with Gasteiger partial charge in [0.05, 0.1) is 4.53 Å². The molecule has 1 fully saturated rings. The van der Waals surface area contributed by atoms with Crippen LogP contribution in [0.4, 0.5) is 10.5 Å². The highest BCUT2D eigenvalue weighted by molar-refractivity contribution is 7.07. The number of thiazole rings is 1. The number of urea groups is 1. The summed E-state index contributed by atoms with van der Waals surface area (Å²) in [7, 11) is 7.50. The fraction of sp³-hybridized carbons (Fsp3) is 0.207. The third-order valence-electron chi connectivity index (χ3n) is 7.48. The van der Waals surface area contributed by atoms with Crippen LogP contribution in [0.3, 0.4) is 0 Å². The van der Waals surface area contributed by atoms with Gasteiger partial charge in [-0.25, -0.2) is 9.79 Å². The Morgan fingerprint density at radius 2 is 1.45 bits per heavy atom. The molecule has 0 spiro atoms. The molecule has 1 N–H and O–H groups in total. The summed E-state index contributed by atoms with van der Waals surface area (Å²) >= 11 is 1.31. The monoisotopic (exact) mass is 524 g/mol. The molecular formula is C29H28N6O2S. The van der Waals surface area contributed by atoms with Crippen molar-refractivity contribution in [1.29, 1.82) is 0 Å². The Hall–Kier alpha value is -4.37.